The molecule has 0 aliphatic carbocycles. The number of hydrogen-bond donors (Lipinski definition) is 2. The van der Waals surface area contributed by atoms with Crippen molar-refractivity contribution in [3.05, 3.63) is 84.4 Å². The van der Waals surface area contributed by atoms with Crippen molar-refractivity contribution in [2.45, 2.75) is 13.0 Å². The van der Waals surface area contributed by atoms with Crippen LogP contribution in [0.3, 0.4) is 0 Å². The highest BCUT2D eigenvalue weighted by Crippen LogP contribution is 2.26. The van der Waals surface area contributed by atoms with E-state index in [2.05, 4.69) is 27.6 Å². The van der Waals surface area contributed by atoms with Gasteiger partial charge in [0.1, 0.15) is 0 Å². The average Bonchev–Trinajstić information content (AvgIpc) is 3.28. The van der Waals surface area contributed by atoms with E-state index < -0.39 is 5.97 Å². The van der Waals surface area contributed by atoms with Crippen LogP contribution in [0.2, 0.25) is 0 Å². The normalized spacial score (nSPS) is 10.5. The van der Waals surface area contributed by atoms with Gasteiger partial charge >= 0.3 is 5.97 Å². The molecule has 0 unspecified atom stereocenters. The number of nitrogens with zero attached hydrogens (tertiary/aromatic N) is 2. The molecule has 3 aromatic carbocycles. The molecule has 7 heteroatoms. The molecule has 0 bridgehead atoms. The predicted octanol–water partition coefficient (Wildman–Crippen LogP) is 5.06. The van der Waals surface area contributed by atoms with Gasteiger partial charge in [-0.15, -0.1) is 12.4 Å². The van der Waals surface area contributed by atoms with Crippen molar-refractivity contribution in [3.8, 4) is 34.0 Å². The van der Waals surface area contributed by atoms with Crippen LogP contribution in [-0.2, 0) is 11.3 Å². The summed E-state index contributed by atoms with van der Waals surface area (Å²) >= 11 is 0. The molecule has 1 heterocycles. The van der Waals surface area contributed by atoms with E-state index in [0.717, 1.165) is 27.8 Å². The van der Waals surface area contributed by atoms with Crippen molar-refractivity contribution in [1.82, 2.24) is 15.5 Å². The van der Waals surface area contributed by atoms with Crippen LogP contribution < -0.4 is 5.32 Å². The van der Waals surface area contributed by atoms with E-state index in [-0.39, 0.29) is 18.8 Å². The number of aromatic nitrogens is 2. The Labute approximate surface area is 186 Å². The van der Waals surface area contributed by atoms with Gasteiger partial charge in [-0.2, -0.15) is 4.98 Å². The summed E-state index contributed by atoms with van der Waals surface area (Å²) in [7, 11) is 0. The number of carboxylic acid groups (broad SMARTS) is 1. The summed E-state index contributed by atoms with van der Waals surface area (Å²) in [5.41, 5.74) is 5.08. The zero-order valence-corrected chi connectivity index (χ0v) is 17.5. The number of aliphatic carboxylic acids is 1. The van der Waals surface area contributed by atoms with Crippen molar-refractivity contribution in [2.24, 2.45) is 0 Å². The molecule has 4 rings (SSSR count). The highest BCUT2D eigenvalue weighted by Gasteiger charge is 2.11. The fraction of sp³-hybridized carbons (Fsp3) is 0.125. The third kappa shape index (κ3) is 5.78. The lowest BCUT2D eigenvalue weighted by Crippen LogP contribution is -2.17. The van der Waals surface area contributed by atoms with Gasteiger partial charge in [-0.3, -0.25) is 4.79 Å². The van der Waals surface area contributed by atoms with Crippen LogP contribution in [0.25, 0.3) is 34.0 Å². The van der Waals surface area contributed by atoms with Crippen LogP contribution in [0.4, 0.5) is 0 Å². The van der Waals surface area contributed by atoms with Gasteiger partial charge in [0.2, 0.25) is 5.82 Å². The van der Waals surface area contributed by atoms with Gasteiger partial charge in [-0.05, 0) is 28.8 Å². The summed E-state index contributed by atoms with van der Waals surface area (Å²) in [6.45, 7) is 1.05. The van der Waals surface area contributed by atoms with Crippen LogP contribution in [-0.4, -0.2) is 27.8 Å². The first-order valence-electron chi connectivity index (χ1n) is 9.70. The number of benzene rings is 3. The van der Waals surface area contributed by atoms with Crippen LogP contribution in [0.15, 0.2) is 83.4 Å². The number of hydrogen-bond acceptors (Lipinski definition) is 5. The molecule has 0 atom stereocenters. The van der Waals surface area contributed by atoms with E-state index in [9.17, 15) is 4.79 Å². The zero-order chi connectivity index (χ0) is 20.8. The van der Waals surface area contributed by atoms with E-state index >= 15 is 0 Å². The minimum absolute atomic E-state index is 0. The Morgan fingerprint density at radius 1 is 0.839 bits per heavy atom. The molecular weight excluding hydrogens is 414 g/mol. The van der Waals surface area contributed by atoms with E-state index in [0.29, 0.717) is 24.8 Å². The largest absolute Gasteiger partial charge is 0.481 e. The zero-order valence-electron chi connectivity index (χ0n) is 16.7. The monoisotopic (exact) mass is 435 g/mol. The second-order valence-electron chi connectivity index (χ2n) is 6.88. The third-order valence-electron chi connectivity index (χ3n) is 4.72. The average molecular weight is 436 g/mol. The van der Waals surface area contributed by atoms with Gasteiger partial charge in [0.25, 0.3) is 5.89 Å². The Bertz CT molecular complexity index is 1110. The van der Waals surface area contributed by atoms with Crippen LogP contribution in [0, 0.1) is 0 Å². The molecular formula is C24H22ClN3O3. The lowest BCUT2D eigenvalue weighted by Gasteiger charge is -2.03. The van der Waals surface area contributed by atoms with E-state index in [4.69, 9.17) is 9.63 Å². The fourth-order valence-corrected chi connectivity index (χ4v) is 3.09. The van der Waals surface area contributed by atoms with Gasteiger partial charge in [-0.1, -0.05) is 71.9 Å². The first-order valence-corrected chi connectivity index (χ1v) is 9.70. The Balaban J connectivity index is 0.00000272. The number of carbonyl (C=O) groups is 1. The maximum Gasteiger partial charge on any atom is 0.304 e. The summed E-state index contributed by atoms with van der Waals surface area (Å²) in [4.78, 5) is 15.1. The number of nitrogens with one attached hydrogen (secondary N) is 1. The topological polar surface area (TPSA) is 88.2 Å². The highest BCUT2D eigenvalue weighted by molar-refractivity contribution is 5.85. The Morgan fingerprint density at radius 3 is 2.13 bits per heavy atom. The fourth-order valence-electron chi connectivity index (χ4n) is 3.09. The summed E-state index contributed by atoms with van der Waals surface area (Å²) in [6.07, 6.45) is 0.107. The lowest BCUT2D eigenvalue weighted by atomic mass is 10.0. The van der Waals surface area contributed by atoms with E-state index in [1.807, 2.05) is 66.7 Å². The molecule has 0 aliphatic rings. The Hall–Kier alpha value is -3.48. The van der Waals surface area contributed by atoms with E-state index in [1.165, 1.54) is 0 Å². The van der Waals surface area contributed by atoms with Crippen molar-refractivity contribution in [1.29, 1.82) is 0 Å². The maximum atomic E-state index is 10.5. The van der Waals surface area contributed by atoms with Gasteiger partial charge in [0.05, 0.1) is 6.42 Å². The second-order valence-corrected chi connectivity index (χ2v) is 6.88. The van der Waals surface area contributed by atoms with Gasteiger partial charge in [-0.25, -0.2) is 0 Å². The molecule has 6 nitrogen and oxygen atoms in total. The molecule has 0 saturated carbocycles. The molecule has 0 saturated heterocycles. The van der Waals surface area contributed by atoms with Crippen LogP contribution >= 0.6 is 12.4 Å². The lowest BCUT2D eigenvalue weighted by molar-refractivity contribution is -0.136. The standard InChI is InChI=1S/C24H21N3O3.ClH/c28-22(29)14-15-25-16-17-6-8-20(9-7-17)23-26-24(30-27-23)21-12-10-19(11-13-21)18-4-2-1-3-5-18;/h1-13,25H,14-16H2,(H,28,29);1H. The second kappa shape index (κ2) is 10.5. The molecule has 2 N–H and O–H groups in total. The molecule has 0 fully saturated rings. The molecule has 0 spiro atoms. The minimum Gasteiger partial charge on any atom is -0.481 e. The number of rotatable bonds is 8. The Kier molecular flexibility index (Phi) is 7.54. The molecule has 1 aromatic heterocycles. The van der Waals surface area contributed by atoms with Gasteiger partial charge < -0.3 is 14.9 Å². The predicted molar refractivity (Wildman–Crippen MR) is 122 cm³/mol. The molecule has 0 radical (unpaired) electrons. The number of halogens is 1. The molecule has 158 valence electrons. The van der Waals surface area contributed by atoms with Crippen molar-refractivity contribution in [2.75, 3.05) is 6.54 Å². The van der Waals surface area contributed by atoms with Crippen LogP contribution in [0.5, 0.6) is 0 Å². The van der Waals surface area contributed by atoms with E-state index in [1.54, 1.807) is 0 Å². The number of carboxylic acids is 1. The van der Waals surface area contributed by atoms with Crippen molar-refractivity contribution >= 4 is 18.4 Å². The van der Waals surface area contributed by atoms with Gasteiger partial charge in [0.15, 0.2) is 0 Å². The molecule has 0 amide bonds. The minimum atomic E-state index is -0.805. The Morgan fingerprint density at radius 2 is 1.45 bits per heavy atom. The molecule has 31 heavy (non-hydrogen) atoms. The molecule has 4 aromatic rings. The summed E-state index contributed by atoms with van der Waals surface area (Å²) in [5.74, 6) is 0.201. The molecule has 0 aliphatic heterocycles. The van der Waals surface area contributed by atoms with Crippen LogP contribution in [0.1, 0.15) is 12.0 Å². The quantitative estimate of drug-likeness (QED) is 0.376. The maximum absolute atomic E-state index is 10.5. The SMILES string of the molecule is Cl.O=C(O)CCNCc1ccc(-c2noc(-c3ccc(-c4ccccc4)cc3)n2)cc1. The van der Waals surface area contributed by atoms with Crippen molar-refractivity contribution < 1.29 is 14.4 Å². The van der Waals surface area contributed by atoms with Crippen molar-refractivity contribution in [3.63, 3.8) is 0 Å². The first kappa shape index (κ1) is 22.2. The summed E-state index contributed by atoms with van der Waals surface area (Å²) < 4.78 is 5.45. The summed E-state index contributed by atoms with van der Waals surface area (Å²) in [5, 5.41) is 15.9. The van der Waals surface area contributed by atoms with Gasteiger partial charge in [0, 0.05) is 24.2 Å². The summed E-state index contributed by atoms with van der Waals surface area (Å²) in [6, 6.07) is 26.0. The first-order chi connectivity index (χ1) is 14.7. The third-order valence-corrected chi connectivity index (χ3v) is 4.72. The highest BCUT2D eigenvalue weighted by atomic mass is 35.5. The smallest absolute Gasteiger partial charge is 0.304 e.